The molecule has 0 aliphatic heterocycles. The van der Waals surface area contributed by atoms with E-state index in [0.717, 1.165) is 103 Å². The molecule has 10 heteroatoms. The van der Waals surface area contributed by atoms with Crippen LogP contribution >= 0.6 is 0 Å². The van der Waals surface area contributed by atoms with Gasteiger partial charge in [0.25, 0.3) is 0 Å². The molecule has 8 N–H and O–H groups in total. The molecular weight excluding hydrogens is 544 g/mol. The molecule has 0 aliphatic carbocycles. The van der Waals surface area contributed by atoms with Crippen molar-refractivity contribution < 1.29 is 50.4 Å². The molecule has 0 unspecified atom stereocenters. The quantitative estimate of drug-likeness (QED) is 0.0518. The molecule has 0 saturated carbocycles. The SMILES string of the molecule is O=C(O)CCCCCCC[C@@H](O)[C@@H](O)CCCCCCO.O=C(O)CCCCCCC[C@H](O)[C@H](O)CCCCCCO. The van der Waals surface area contributed by atoms with Crippen LogP contribution in [0.15, 0.2) is 0 Å². The van der Waals surface area contributed by atoms with Gasteiger partial charge in [-0.05, 0) is 51.4 Å². The number of carboxylic acids is 2. The number of aliphatic hydroxyl groups is 6. The molecule has 4 atom stereocenters. The van der Waals surface area contributed by atoms with E-state index >= 15 is 0 Å². The fourth-order valence-corrected chi connectivity index (χ4v) is 4.73. The third-order valence-corrected chi connectivity index (χ3v) is 7.49. The second-order valence-corrected chi connectivity index (χ2v) is 11.5. The maximum Gasteiger partial charge on any atom is 0.303 e. The topological polar surface area (TPSA) is 196 Å². The van der Waals surface area contributed by atoms with Gasteiger partial charge in [0.2, 0.25) is 0 Å². The minimum absolute atomic E-state index is 0.220. The Morgan fingerprint density at radius 1 is 0.357 bits per heavy atom. The fraction of sp³-hybridized carbons (Fsp3) is 0.938. The average molecular weight is 609 g/mol. The Labute approximate surface area is 254 Å². The number of aliphatic carboxylic acids is 2. The van der Waals surface area contributed by atoms with E-state index in [1.165, 1.54) is 0 Å². The highest BCUT2D eigenvalue weighted by molar-refractivity contribution is 5.66. The van der Waals surface area contributed by atoms with Crippen molar-refractivity contribution in [2.24, 2.45) is 0 Å². The predicted octanol–water partition coefficient (Wildman–Crippen LogP) is 4.93. The summed E-state index contributed by atoms with van der Waals surface area (Å²) in [5.74, 6) is -1.49. The normalized spacial score (nSPS) is 14.0. The van der Waals surface area contributed by atoms with Gasteiger partial charge < -0.3 is 40.9 Å². The molecule has 0 bridgehead atoms. The Morgan fingerprint density at radius 2 is 0.571 bits per heavy atom. The number of hydrogen-bond acceptors (Lipinski definition) is 8. The van der Waals surface area contributed by atoms with Crippen LogP contribution in [0.3, 0.4) is 0 Å². The summed E-state index contributed by atoms with van der Waals surface area (Å²) in [6.45, 7) is 0.440. The largest absolute Gasteiger partial charge is 0.481 e. The lowest BCUT2D eigenvalue weighted by atomic mass is 10.00. The van der Waals surface area contributed by atoms with Crippen LogP contribution in [0.2, 0.25) is 0 Å². The molecule has 0 aliphatic rings. The molecule has 0 radical (unpaired) electrons. The molecule has 0 aromatic heterocycles. The van der Waals surface area contributed by atoms with Gasteiger partial charge in [0.15, 0.2) is 0 Å². The number of aliphatic hydroxyl groups excluding tert-OH is 6. The molecule has 0 aromatic carbocycles. The van der Waals surface area contributed by atoms with Crippen molar-refractivity contribution in [2.45, 2.75) is 179 Å². The molecule has 0 aromatic rings. The summed E-state index contributed by atoms with van der Waals surface area (Å²) >= 11 is 0. The Balaban J connectivity index is 0. The first kappa shape index (κ1) is 42.8. The third kappa shape index (κ3) is 33.2. The minimum atomic E-state index is -0.743. The first-order chi connectivity index (χ1) is 20.1. The van der Waals surface area contributed by atoms with Gasteiger partial charge in [-0.25, -0.2) is 0 Å². The number of rotatable bonds is 30. The lowest BCUT2D eigenvalue weighted by Gasteiger charge is -2.17. The summed E-state index contributed by atoms with van der Waals surface area (Å²) in [5, 5.41) is 73.6. The predicted molar refractivity (Wildman–Crippen MR) is 164 cm³/mol. The number of unbranched alkanes of at least 4 members (excludes halogenated alkanes) is 14. The number of carboxylic acid groups (broad SMARTS) is 2. The Bertz CT molecular complexity index is 540. The molecular formula is C32H64O10. The van der Waals surface area contributed by atoms with E-state index in [1.54, 1.807) is 0 Å². The van der Waals surface area contributed by atoms with Crippen molar-refractivity contribution in [3.05, 3.63) is 0 Å². The Morgan fingerprint density at radius 3 is 0.810 bits per heavy atom. The number of carbonyl (C=O) groups is 2. The van der Waals surface area contributed by atoms with Crippen molar-refractivity contribution in [1.82, 2.24) is 0 Å². The number of hydrogen-bond donors (Lipinski definition) is 8. The van der Waals surface area contributed by atoms with Gasteiger partial charge in [-0.3, -0.25) is 9.59 Å². The minimum Gasteiger partial charge on any atom is -0.481 e. The molecule has 10 nitrogen and oxygen atoms in total. The zero-order valence-corrected chi connectivity index (χ0v) is 26.1. The Hall–Kier alpha value is -1.30. The van der Waals surface area contributed by atoms with Crippen LogP contribution in [0.4, 0.5) is 0 Å². The van der Waals surface area contributed by atoms with Gasteiger partial charge in [-0.15, -0.1) is 0 Å². The maximum absolute atomic E-state index is 10.3. The van der Waals surface area contributed by atoms with E-state index in [1.807, 2.05) is 0 Å². The summed E-state index contributed by atoms with van der Waals surface area (Å²) in [4.78, 5) is 20.6. The van der Waals surface area contributed by atoms with Crippen LogP contribution in [0, 0.1) is 0 Å². The van der Waals surface area contributed by atoms with Crippen molar-refractivity contribution in [1.29, 1.82) is 0 Å². The monoisotopic (exact) mass is 608 g/mol. The van der Waals surface area contributed by atoms with Crippen LogP contribution in [0.25, 0.3) is 0 Å². The lowest BCUT2D eigenvalue weighted by molar-refractivity contribution is -0.138. The van der Waals surface area contributed by atoms with Gasteiger partial charge in [0.1, 0.15) is 0 Å². The van der Waals surface area contributed by atoms with E-state index in [9.17, 15) is 30.0 Å². The van der Waals surface area contributed by atoms with E-state index in [4.69, 9.17) is 20.4 Å². The highest BCUT2D eigenvalue weighted by Crippen LogP contribution is 2.16. The van der Waals surface area contributed by atoms with E-state index in [0.29, 0.717) is 38.5 Å². The van der Waals surface area contributed by atoms with Crippen LogP contribution < -0.4 is 0 Å². The standard InChI is InChI=1S/2C16H32O5/c2*17-13-9-5-4-7-11-15(19)14(18)10-6-2-1-3-8-12-16(20)21/h2*14-15,17-19H,1-13H2,(H,20,21)/t2*14-,15+/m10/s1. The summed E-state index contributed by atoms with van der Waals surface area (Å²) in [6, 6.07) is 0. The first-order valence-electron chi connectivity index (χ1n) is 16.5. The van der Waals surface area contributed by atoms with E-state index in [-0.39, 0.29) is 26.1 Å². The molecule has 0 spiro atoms. The van der Waals surface area contributed by atoms with Gasteiger partial charge in [0.05, 0.1) is 24.4 Å². The van der Waals surface area contributed by atoms with E-state index in [2.05, 4.69) is 0 Å². The van der Waals surface area contributed by atoms with Crippen molar-refractivity contribution in [3.63, 3.8) is 0 Å². The third-order valence-electron chi connectivity index (χ3n) is 7.49. The van der Waals surface area contributed by atoms with Crippen molar-refractivity contribution in [3.8, 4) is 0 Å². The second-order valence-electron chi connectivity index (χ2n) is 11.5. The molecule has 0 fully saturated rings. The molecule has 0 saturated heterocycles. The van der Waals surface area contributed by atoms with Crippen molar-refractivity contribution >= 4 is 11.9 Å². The maximum atomic E-state index is 10.3. The van der Waals surface area contributed by atoms with E-state index < -0.39 is 36.4 Å². The second kappa shape index (κ2) is 32.6. The smallest absolute Gasteiger partial charge is 0.303 e. The van der Waals surface area contributed by atoms with Crippen LogP contribution in [0.5, 0.6) is 0 Å². The Kier molecular flexibility index (Phi) is 33.3. The average Bonchev–Trinajstić information content (AvgIpc) is 2.95. The zero-order valence-electron chi connectivity index (χ0n) is 26.1. The molecule has 252 valence electrons. The molecule has 0 amide bonds. The highest BCUT2D eigenvalue weighted by atomic mass is 16.4. The molecule has 42 heavy (non-hydrogen) atoms. The van der Waals surface area contributed by atoms with Crippen molar-refractivity contribution in [2.75, 3.05) is 13.2 Å². The van der Waals surface area contributed by atoms with Gasteiger partial charge in [0, 0.05) is 26.1 Å². The summed E-state index contributed by atoms with van der Waals surface area (Å²) in [7, 11) is 0. The summed E-state index contributed by atoms with van der Waals surface area (Å²) in [5.41, 5.74) is 0. The molecule has 0 heterocycles. The van der Waals surface area contributed by atoms with Crippen LogP contribution in [-0.4, -0.2) is 90.4 Å². The highest BCUT2D eigenvalue weighted by Gasteiger charge is 2.16. The lowest BCUT2D eigenvalue weighted by Crippen LogP contribution is -2.25. The summed E-state index contributed by atoms with van der Waals surface area (Å²) in [6.07, 6.45) is 16.5. The summed E-state index contributed by atoms with van der Waals surface area (Å²) < 4.78 is 0. The van der Waals surface area contributed by atoms with Gasteiger partial charge in [-0.2, -0.15) is 0 Å². The first-order valence-corrected chi connectivity index (χ1v) is 16.5. The fourth-order valence-electron chi connectivity index (χ4n) is 4.73. The zero-order chi connectivity index (χ0) is 31.8. The van der Waals surface area contributed by atoms with Crippen LogP contribution in [-0.2, 0) is 9.59 Å². The molecule has 0 rings (SSSR count). The van der Waals surface area contributed by atoms with Gasteiger partial charge >= 0.3 is 11.9 Å². The van der Waals surface area contributed by atoms with Crippen LogP contribution in [0.1, 0.15) is 154 Å². The van der Waals surface area contributed by atoms with Gasteiger partial charge in [-0.1, -0.05) is 89.9 Å².